The van der Waals surface area contributed by atoms with Gasteiger partial charge in [0.15, 0.2) is 0 Å². The molecule has 35 heavy (non-hydrogen) atoms. The van der Waals surface area contributed by atoms with E-state index in [2.05, 4.69) is 26.7 Å². The summed E-state index contributed by atoms with van der Waals surface area (Å²) < 4.78 is 5.31. The van der Waals surface area contributed by atoms with Crippen LogP contribution in [0.5, 0.6) is 5.88 Å². The Morgan fingerprint density at radius 1 is 1.37 bits per heavy atom. The third-order valence-corrected chi connectivity index (χ3v) is 7.79. The number of likely N-dealkylation sites (tertiary alicyclic amines) is 1. The summed E-state index contributed by atoms with van der Waals surface area (Å²) in [6.07, 6.45) is 6.23. The summed E-state index contributed by atoms with van der Waals surface area (Å²) in [7, 11) is 1.53. The van der Waals surface area contributed by atoms with Gasteiger partial charge in [0.25, 0.3) is 5.91 Å². The number of H-pyrrole nitrogens is 1. The third-order valence-electron chi connectivity index (χ3n) is 7.79. The second kappa shape index (κ2) is 9.56. The number of carbonyl (C=O) groups excluding carboxylic acids is 3. The van der Waals surface area contributed by atoms with Crippen LogP contribution in [0.4, 0.5) is 0 Å². The number of hydrogen-bond acceptors (Lipinski definition) is 6. The Hall–Kier alpha value is -3.61. The number of ether oxygens (including phenoxy) is 1. The lowest BCUT2D eigenvalue weighted by molar-refractivity contribution is -0.126. The smallest absolute Gasteiger partial charge is 0.271 e. The molecule has 0 unspecified atom stereocenters. The second-order valence-electron chi connectivity index (χ2n) is 9.77. The molecule has 3 fully saturated rings. The van der Waals surface area contributed by atoms with Gasteiger partial charge in [0, 0.05) is 25.2 Å². The average molecular weight is 479 g/mol. The summed E-state index contributed by atoms with van der Waals surface area (Å²) in [6.45, 7) is 1.18. The number of nitrogens with zero attached hydrogens (tertiary/aromatic N) is 3. The minimum absolute atomic E-state index is 0.0135. The number of rotatable bonds is 7. The van der Waals surface area contributed by atoms with Gasteiger partial charge in [-0.2, -0.15) is 5.26 Å². The van der Waals surface area contributed by atoms with Crippen LogP contribution in [0.2, 0.25) is 0 Å². The standard InChI is InChI=1S/C25H30N6O4/c1-35-24-18-11-20(30-19(18)8-10-28-24)25(34)31-13-15-3-2-4-17(15)21(31)23(33)29-16(12-26)6-5-14-7-9-27-22(14)32/h8,10-11,14-17,21,30H,2-7,9,13H2,1H3,(H,27,32)(H,29,33)/t14-,15+,16+,17+,21+/m1/s1. The largest absolute Gasteiger partial charge is 0.481 e. The summed E-state index contributed by atoms with van der Waals surface area (Å²) in [4.78, 5) is 47.9. The number of carbonyl (C=O) groups is 3. The molecule has 4 heterocycles. The zero-order chi connectivity index (χ0) is 24.5. The number of pyridine rings is 1. The molecule has 0 radical (unpaired) electrons. The van der Waals surface area contributed by atoms with Gasteiger partial charge >= 0.3 is 0 Å². The highest BCUT2D eigenvalue weighted by atomic mass is 16.5. The molecular formula is C25H30N6O4. The molecule has 5 atom stereocenters. The number of nitriles is 1. The Bertz CT molecular complexity index is 1190. The lowest BCUT2D eigenvalue weighted by Gasteiger charge is -2.27. The van der Waals surface area contributed by atoms with E-state index in [1.807, 2.05) is 0 Å². The van der Waals surface area contributed by atoms with Crippen molar-refractivity contribution in [2.75, 3.05) is 20.2 Å². The van der Waals surface area contributed by atoms with E-state index in [1.165, 1.54) is 7.11 Å². The van der Waals surface area contributed by atoms with Crippen LogP contribution in [0.15, 0.2) is 18.3 Å². The molecule has 1 aliphatic carbocycles. The molecule has 2 aromatic heterocycles. The molecule has 3 N–H and O–H groups in total. The third kappa shape index (κ3) is 4.31. The number of fused-ring (bicyclic) bond motifs is 2. The van der Waals surface area contributed by atoms with Crippen LogP contribution in [0.25, 0.3) is 10.9 Å². The lowest BCUT2D eigenvalue weighted by atomic mass is 9.93. The molecule has 3 amide bonds. The Morgan fingerprint density at radius 3 is 2.97 bits per heavy atom. The van der Waals surface area contributed by atoms with Crippen molar-refractivity contribution in [3.63, 3.8) is 0 Å². The Morgan fingerprint density at radius 2 is 2.23 bits per heavy atom. The van der Waals surface area contributed by atoms with Gasteiger partial charge < -0.3 is 25.3 Å². The minimum atomic E-state index is -0.697. The van der Waals surface area contributed by atoms with Crippen LogP contribution < -0.4 is 15.4 Å². The number of hydrogen-bond donors (Lipinski definition) is 3. The van der Waals surface area contributed by atoms with Gasteiger partial charge in [0.2, 0.25) is 17.7 Å². The maximum atomic E-state index is 13.6. The number of aromatic nitrogens is 2. The van der Waals surface area contributed by atoms with Crippen LogP contribution in [0.3, 0.4) is 0 Å². The van der Waals surface area contributed by atoms with Gasteiger partial charge in [-0.15, -0.1) is 0 Å². The highest BCUT2D eigenvalue weighted by molar-refractivity contribution is 6.01. The van der Waals surface area contributed by atoms with Crippen molar-refractivity contribution in [2.45, 2.75) is 50.6 Å². The molecule has 2 aliphatic heterocycles. The lowest BCUT2D eigenvalue weighted by Crippen LogP contribution is -2.51. The van der Waals surface area contributed by atoms with E-state index in [0.717, 1.165) is 31.2 Å². The van der Waals surface area contributed by atoms with E-state index in [4.69, 9.17) is 4.74 Å². The average Bonchev–Trinajstić information content (AvgIpc) is 3.64. The van der Waals surface area contributed by atoms with Crippen LogP contribution in [0, 0.1) is 29.1 Å². The van der Waals surface area contributed by atoms with Gasteiger partial charge in [-0.25, -0.2) is 4.98 Å². The molecule has 3 aliphatic rings. The van der Waals surface area contributed by atoms with E-state index in [0.29, 0.717) is 42.9 Å². The molecule has 10 heteroatoms. The van der Waals surface area contributed by atoms with Crippen molar-refractivity contribution >= 4 is 28.6 Å². The summed E-state index contributed by atoms with van der Waals surface area (Å²) >= 11 is 0. The normalized spacial score (nSPS) is 26.3. The van der Waals surface area contributed by atoms with Crippen molar-refractivity contribution in [2.24, 2.45) is 17.8 Å². The number of aromatic amines is 1. The summed E-state index contributed by atoms with van der Waals surface area (Å²) in [6, 6.07) is 4.35. The Kier molecular flexibility index (Phi) is 6.32. The maximum absolute atomic E-state index is 13.6. The first-order valence-corrected chi connectivity index (χ1v) is 12.3. The van der Waals surface area contributed by atoms with Crippen molar-refractivity contribution in [1.29, 1.82) is 5.26 Å². The fourth-order valence-corrected chi connectivity index (χ4v) is 6.03. The zero-order valence-electron chi connectivity index (χ0n) is 19.8. The number of amides is 3. The van der Waals surface area contributed by atoms with Gasteiger partial charge in [0.05, 0.1) is 24.1 Å². The molecule has 184 valence electrons. The SMILES string of the molecule is COc1nccc2[nH]c(C(=O)N3C[C@@H]4CCC[C@@H]4[C@H]3C(=O)N[C@H](C#N)CC[C@@H]3CCNC3=O)cc12. The predicted molar refractivity (Wildman–Crippen MR) is 126 cm³/mol. The zero-order valence-corrected chi connectivity index (χ0v) is 19.8. The highest BCUT2D eigenvalue weighted by Gasteiger charge is 2.50. The summed E-state index contributed by atoms with van der Waals surface area (Å²) in [5, 5.41) is 16.0. The van der Waals surface area contributed by atoms with E-state index >= 15 is 0 Å². The first kappa shape index (κ1) is 23.1. The topological polar surface area (TPSA) is 140 Å². The molecule has 0 bridgehead atoms. The Labute approximate surface area is 203 Å². The fourth-order valence-electron chi connectivity index (χ4n) is 6.03. The molecule has 2 aromatic rings. The Balaban J connectivity index is 1.33. The van der Waals surface area contributed by atoms with Gasteiger partial charge in [-0.3, -0.25) is 14.4 Å². The van der Waals surface area contributed by atoms with Crippen LogP contribution in [-0.4, -0.2) is 64.9 Å². The van der Waals surface area contributed by atoms with Gasteiger partial charge in [0.1, 0.15) is 17.8 Å². The molecule has 0 aromatic carbocycles. The molecule has 2 saturated heterocycles. The van der Waals surface area contributed by atoms with E-state index in [-0.39, 0.29) is 35.5 Å². The molecule has 1 saturated carbocycles. The van der Waals surface area contributed by atoms with Crippen molar-refractivity contribution in [1.82, 2.24) is 25.5 Å². The molecule has 0 spiro atoms. The number of nitrogens with one attached hydrogen (secondary N) is 3. The predicted octanol–water partition coefficient (Wildman–Crippen LogP) is 1.74. The van der Waals surface area contributed by atoms with Crippen LogP contribution in [0.1, 0.15) is 49.0 Å². The molecule has 5 rings (SSSR count). The van der Waals surface area contributed by atoms with E-state index in [1.54, 1.807) is 23.2 Å². The van der Waals surface area contributed by atoms with Gasteiger partial charge in [-0.05, 0) is 56.1 Å². The summed E-state index contributed by atoms with van der Waals surface area (Å²) in [5.41, 5.74) is 1.12. The second-order valence-corrected chi connectivity index (χ2v) is 9.77. The maximum Gasteiger partial charge on any atom is 0.271 e. The first-order valence-electron chi connectivity index (χ1n) is 12.3. The van der Waals surface area contributed by atoms with Crippen molar-refractivity contribution < 1.29 is 19.1 Å². The van der Waals surface area contributed by atoms with Crippen molar-refractivity contribution in [3.8, 4) is 11.9 Å². The van der Waals surface area contributed by atoms with E-state index in [9.17, 15) is 19.6 Å². The van der Waals surface area contributed by atoms with E-state index < -0.39 is 12.1 Å². The number of methoxy groups -OCH3 is 1. The quantitative estimate of drug-likeness (QED) is 0.554. The van der Waals surface area contributed by atoms with Crippen LogP contribution in [-0.2, 0) is 9.59 Å². The first-order chi connectivity index (χ1) is 17.0. The molecule has 10 nitrogen and oxygen atoms in total. The van der Waals surface area contributed by atoms with Gasteiger partial charge in [-0.1, -0.05) is 6.42 Å². The minimum Gasteiger partial charge on any atom is -0.481 e. The monoisotopic (exact) mass is 478 g/mol. The molecular weight excluding hydrogens is 448 g/mol. The highest BCUT2D eigenvalue weighted by Crippen LogP contribution is 2.43. The van der Waals surface area contributed by atoms with Crippen molar-refractivity contribution in [3.05, 3.63) is 24.0 Å². The van der Waals surface area contributed by atoms with Crippen LogP contribution >= 0.6 is 0 Å². The fraction of sp³-hybridized carbons (Fsp3) is 0.560. The summed E-state index contributed by atoms with van der Waals surface area (Å²) in [5.74, 6) is 0.162.